The summed E-state index contributed by atoms with van der Waals surface area (Å²) in [6, 6.07) is 11.2. The number of nitrogens with zero attached hydrogens (tertiary/aromatic N) is 5. The number of aromatic nitrogens is 3. The molecule has 1 N–H and O–H groups in total. The highest BCUT2D eigenvalue weighted by Crippen LogP contribution is 2.31. The first-order valence-electron chi connectivity index (χ1n) is 13.3. The number of benzene rings is 3. The lowest BCUT2D eigenvalue weighted by Crippen LogP contribution is -2.31. The van der Waals surface area contributed by atoms with Crippen LogP contribution in [0.2, 0.25) is 0 Å². The Morgan fingerprint density at radius 3 is 2.48 bits per heavy atom. The van der Waals surface area contributed by atoms with Crippen molar-refractivity contribution in [2.45, 2.75) is 19.9 Å². The maximum Gasteiger partial charge on any atom is 0.573 e. The van der Waals surface area contributed by atoms with Crippen LogP contribution >= 0.6 is 11.8 Å². The minimum Gasteiger partial charge on any atom is -0.406 e. The van der Waals surface area contributed by atoms with E-state index in [-0.39, 0.29) is 34.8 Å². The molecule has 16 heteroatoms. The van der Waals surface area contributed by atoms with Crippen LogP contribution in [0.1, 0.15) is 22.5 Å². The van der Waals surface area contributed by atoms with Crippen LogP contribution < -0.4 is 15.0 Å². The number of halogens is 5. The largest absolute Gasteiger partial charge is 0.573 e. The number of anilines is 2. The molecule has 0 radical (unpaired) electrons. The Bertz CT molecular complexity index is 1820. The van der Waals surface area contributed by atoms with Gasteiger partial charge in [0.2, 0.25) is 5.91 Å². The topological polar surface area (TPSA) is 111 Å². The quantitative estimate of drug-likeness (QED) is 0.209. The summed E-state index contributed by atoms with van der Waals surface area (Å²) < 4.78 is 77.3. The summed E-state index contributed by atoms with van der Waals surface area (Å²) in [5.41, 5.74) is 1.78. The van der Waals surface area contributed by atoms with Gasteiger partial charge in [-0.3, -0.25) is 9.69 Å². The molecule has 3 amide bonds. The molecule has 0 saturated carbocycles. The molecule has 46 heavy (non-hydrogen) atoms. The molecule has 0 aliphatic carbocycles. The number of methoxy groups -OCH3 is 1. The van der Waals surface area contributed by atoms with Crippen LogP contribution in [0.4, 0.5) is 38.1 Å². The SMILES string of the molecule is COCc1ccc(C)cc1N1C(=O)CS/C1=N\C(=O)Nc1c(F)cc(/C=C/c2ncn(-c3ccc(OC(F)(F)F)cc3)n2)cc1F. The van der Waals surface area contributed by atoms with E-state index in [0.717, 1.165) is 41.6 Å². The van der Waals surface area contributed by atoms with Gasteiger partial charge in [-0.1, -0.05) is 30.0 Å². The van der Waals surface area contributed by atoms with E-state index in [1.807, 2.05) is 13.0 Å². The highest BCUT2D eigenvalue weighted by atomic mass is 32.2. The van der Waals surface area contributed by atoms with Crippen molar-refractivity contribution >= 4 is 52.4 Å². The molecule has 0 spiro atoms. The molecular formula is C30H23F5N6O4S. The van der Waals surface area contributed by atoms with Gasteiger partial charge in [0.05, 0.1) is 23.7 Å². The lowest BCUT2D eigenvalue weighted by molar-refractivity contribution is -0.274. The number of thioether (sulfide) groups is 1. The van der Waals surface area contributed by atoms with Gasteiger partial charge < -0.3 is 14.8 Å². The van der Waals surface area contributed by atoms with Crippen molar-refractivity contribution in [3.05, 3.63) is 95.1 Å². The van der Waals surface area contributed by atoms with Crippen molar-refractivity contribution in [1.29, 1.82) is 0 Å². The zero-order valence-electron chi connectivity index (χ0n) is 24.0. The summed E-state index contributed by atoms with van der Waals surface area (Å²) in [5, 5.41) is 6.31. The number of amides is 3. The van der Waals surface area contributed by atoms with Gasteiger partial charge in [-0.25, -0.2) is 23.2 Å². The molecule has 1 fully saturated rings. The smallest absolute Gasteiger partial charge is 0.406 e. The molecule has 238 valence electrons. The standard InChI is InChI=1S/C30H23F5N6O4S/c1-17-3-5-19(14-44-2)24(11-17)41-26(42)15-46-29(41)38-28(43)37-27-22(31)12-18(13-23(27)32)4-10-25-36-16-40(39-25)20-6-8-21(9-7-20)45-30(33,34)35/h3-13,16H,14-15H2,1-2H3,(H,37,43)/b10-4+,38-29-. The summed E-state index contributed by atoms with van der Waals surface area (Å²) in [7, 11) is 1.51. The van der Waals surface area contributed by atoms with Crippen LogP contribution in [0.3, 0.4) is 0 Å². The van der Waals surface area contributed by atoms with Crippen molar-refractivity contribution in [2.24, 2.45) is 4.99 Å². The lowest BCUT2D eigenvalue weighted by Gasteiger charge is -2.20. The minimum atomic E-state index is -4.82. The third-order valence-electron chi connectivity index (χ3n) is 6.31. The Kier molecular flexibility index (Phi) is 9.48. The first kappa shape index (κ1) is 32.3. The molecule has 1 saturated heterocycles. The number of hydrogen-bond donors (Lipinski definition) is 1. The van der Waals surface area contributed by atoms with Gasteiger partial charge in [0, 0.05) is 12.7 Å². The molecule has 1 aliphatic rings. The molecule has 0 atom stereocenters. The zero-order chi connectivity index (χ0) is 33.0. The fraction of sp³-hybridized carbons (Fsp3) is 0.167. The van der Waals surface area contributed by atoms with Crippen molar-refractivity contribution < 1.29 is 41.0 Å². The number of aryl methyl sites for hydroxylation is 1. The van der Waals surface area contributed by atoms with E-state index < -0.39 is 35.5 Å². The van der Waals surface area contributed by atoms with E-state index in [1.54, 1.807) is 12.1 Å². The highest BCUT2D eigenvalue weighted by molar-refractivity contribution is 8.15. The minimum absolute atomic E-state index is 0.0204. The van der Waals surface area contributed by atoms with Gasteiger partial charge in [-0.2, -0.15) is 4.99 Å². The number of carbonyl (C=O) groups is 2. The number of alkyl halides is 3. The first-order chi connectivity index (χ1) is 21.9. The zero-order valence-corrected chi connectivity index (χ0v) is 24.8. The van der Waals surface area contributed by atoms with Crippen molar-refractivity contribution in [2.75, 3.05) is 23.1 Å². The molecule has 1 aromatic heterocycles. The fourth-order valence-corrected chi connectivity index (χ4v) is 5.18. The van der Waals surface area contributed by atoms with Crippen LogP contribution in [0.15, 0.2) is 65.9 Å². The van der Waals surface area contributed by atoms with Crippen LogP contribution in [0.5, 0.6) is 5.75 Å². The molecule has 4 aromatic rings. The number of ether oxygens (including phenoxy) is 2. The van der Waals surface area contributed by atoms with Crippen molar-refractivity contribution in [1.82, 2.24) is 14.8 Å². The van der Waals surface area contributed by atoms with Crippen LogP contribution in [0.25, 0.3) is 17.8 Å². The Morgan fingerprint density at radius 1 is 1.09 bits per heavy atom. The fourth-order valence-electron chi connectivity index (χ4n) is 4.32. The third-order valence-corrected chi connectivity index (χ3v) is 7.23. The Hall–Kier alpha value is -5.09. The molecule has 10 nitrogen and oxygen atoms in total. The molecule has 1 aliphatic heterocycles. The second-order valence-electron chi connectivity index (χ2n) is 9.69. The molecule has 3 aromatic carbocycles. The second-order valence-corrected chi connectivity index (χ2v) is 10.6. The third kappa shape index (κ3) is 7.76. The summed E-state index contributed by atoms with van der Waals surface area (Å²) in [6.07, 6.45) is -0.827. The number of hydrogen-bond acceptors (Lipinski definition) is 7. The van der Waals surface area contributed by atoms with E-state index in [9.17, 15) is 31.5 Å². The maximum absolute atomic E-state index is 14.9. The summed E-state index contributed by atoms with van der Waals surface area (Å²) in [5.74, 6) is -2.73. The predicted molar refractivity (Wildman–Crippen MR) is 162 cm³/mol. The van der Waals surface area contributed by atoms with Gasteiger partial charge in [0.1, 0.15) is 29.4 Å². The van der Waals surface area contributed by atoms with Crippen LogP contribution in [-0.2, 0) is 16.1 Å². The number of nitrogens with one attached hydrogen (secondary N) is 1. The molecule has 2 heterocycles. The number of rotatable bonds is 8. The Labute approximate surface area is 262 Å². The van der Waals surface area contributed by atoms with E-state index in [2.05, 4.69) is 25.1 Å². The van der Waals surface area contributed by atoms with Gasteiger partial charge in [0.25, 0.3) is 0 Å². The van der Waals surface area contributed by atoms with E-state index in [4.69, 9.17) is 4.74 Å². The second kappa shape index (κ2) is 13.5. The number of aliphatic imine (C=N–C) groups is 1. The van der Waals surface area contributed by atoms with Crippen LogP contribution in [-0.4, -0.2) is 51.1 Å². The molecule has 0 bridgehead atoms. The average molecular weight is 659 g/mol. The lowest BCUT2D eigenvalue weighted by atomic mass is 10.1. The Morgan fingerprint density at radius 2 is 1.80 bits per heavy atom. The Balaban J connectivity index is 1.28. The molecule has 5 rings (SSSR count). The molecule has 0 unspecified atom stereocenters. The number of carbonyl (C=O) groups excluding carboxylic acids is 2. The van der Waals surface area contributed by atoms with E-state index in [1.165, 1.54) is 47.3 Å². The van der Waals surface area contributed by atoms with Crippen molar-refractivity contribution in [3.8, 4) is 11.4 Å². The van der Waals surface area contributed by atoms with E-state index in [0.29, 0.717) is 16.9 Å². The van der Waals surface area contributed by atoms with Gasteiger partial charge >= 0.3 is 12.4 Å². The normalized spacial score (nSPS) is 14.5. The number of amidine groups is 1. The van der Waals surface area contributed by atoms with Crippen molar-refractivity contribution in [3.63, 3.8) is 0 Å². The molecular weight excluding hydrogens is 635 g/mol. The number of urea groups is 1. The monoisotopic (exact) mass is 658 g/mol. The summed E-state index contributed by atoms with van der Waals surface area (Å²) >= 11 is 1.01. The average Bonchev–Trinajstić information content (AvgIpc) is 3.61. The summed E-state index contributed by atoms with van der Waals surface area (Å²) in [4.78, 5) is 34.7. The van der Waals surface area contributed by atoms with Crippen LogP contribution in [0, 0.1) is 18.6 Å². The highest BCUT2D eigenvalue weighted by Gasteiger charge is 2.33. The van der Waals surface area contributed by atoms with E-state index >= 15 is 0 Å². The van der Waals surface area contributed by atoms with Gasteiger partial charge in [-0.05, 0) is 66.6 Å². The van der Waals surface area contributed by atoms with Gasteiger partial charge in [-0.15, -0.1) is 18.3 Å². The van der Waals surface area contributed by atoms with Gasteiger partial charge in [0.15, 0.2) is 11.0 Å². The maximum atomic E-state index is 14.9. The first-order valence-corrected chi connectivity index (χ1v) is 14.3. The predicted octanol–water partition coefficient (Wildman–Crippen LogP) is 6.74. The summed E-state index contributed by atoms with van der Waals surface area (Å²) in [6.45, 7) is 2.05.